The van der Waals surface area contributed by atoms with E-state index in [9.17, 15) is 31.2 Å². The number of hydrogen-bond donors (Lipinski definition) is 1. The molecule has 12 heteroatoms. The summed E-state index contributed by atoms with van der Waals surface area (Å²) in [5, 5.41) is 2.74. The number of nitrogens with one attached hydrogen (secondary N) is 1. The molecule has 214 valence electrons. The van der Waals surface area contributed by atoms with Crippen LogP contribution in [0, 0.1) is 6.92 Å². The van der Waals surface area contributed by atoms with E-state index in [2.05, 4.69) is 5.32 Å². The van der Waals surface area contributed by atoms with Crippen molar-refractivity contribution < 1.29 is 31.2 Å². The molecule has 1 fully saturated rings. The lowest BCUT2D eigenvalue weighted by Crippen LogP contribution is -2.53. The van der Waals surface area contributed by atoms with Gasteiger partial charge >= 0.3 is 6.18 Å². The summed E-state index contributed by atoms with van der Waals surface area (Å²) < 4.78 is 66.3. The SMILES string of the molecule is CCC(C(=O)NC1CCCC1)N(Cc1ccccc1C)C(=O)CN(c1cc(C(F)(F)F)ccc1Cl)S(C)(=O)=O. The first kappa shape index (κ1) is 30.7. The molecule has 1 aliphatic rings. The fourth-order valence-electron chi connectivity index (χ4n) is 4.73. The third-order valence-corrected chi connectivity index (χ3v) is 8.36. The smallest absolute Gasteiger partial charge is 0.352 e. The van der Waals surface area contributed by atoms with E-state index in [0.29, 0.717) is 10.4 Å². The Bertz CT molecular complexity index is 1300. The highest BCUT2D eigenvalue weighted by Gasteiger charge is 2.36. The number of amides is 2. The number of nitrogens with zero attached hydrogens (tertiary/aromatic N) is 2. The van der Waals surface area contributed by atoms with E-state index in [-0.39, 0.29) is 29.9 Å². The van der Waals surface area contributed by atoms with Crippen LogP contribution in [0.1, 0.15) is 55.7 Å². The normalized spacial score (nSPS) is 15.2. The summed E-state index contributed by atoms with van der Waals surface area (Å²) >= 11 is 6.13. The molecular weight excluding hydrogens is 555 g/mol. The minimum atomic E-state index is -4.75. The van der Waals surface area contributed by atoms with Crippen molar-refractivity contribution in [3.63, 3.8) is 0 Å². The van der Waals surface area contributed by atoms with Crippen molar-refractivity contribution in [2.24, 2.45) is 0 Å². The third-order valence-electron chi connectivity index (χ3n) is 6.91. The van der Waals surface area contributed by atoms with Crippen molar-refractivity contribution in [2.45, 2.75) is 70.8 Å². The topological polar surface area (TPSA) is 86.8 Å². The second-order valence-corrected chi connectivity index (χ2v) is 12.1. The van der Waals surface area contributed by atoms with E-state index < -0.39 is 45.9 Å². The zero-order valence-corrected chi connectivity index (χ0v) is 23.7. The molecule has 1 unspecified atom stereocenters. The third kappa shape index (κ3) is 7.88. The standard InChI is InChI=1S/C27H33ClF3N3O4S/c1-4-23(26(36)32-21-11-7-8-12-21)33(16-19-10-6-5-9-18(19)2)25(35)17-34(39(3,37)38)24-15-20(27(29,30)31)13-14-22(24)28/h5-6,9-10,13-15,21,23H,4,7-8,11-12,16-17H2,1-3H3,(H,32,36). The van der Waals surface area contributed by atoms with Crippen molar-refractivity contribution in [3.8, 4) is 0 Å². The number of carbonyl (C=O) groups excluding carboxylic acids is 2. The molecule has 1 saturated carbocycles. The highest BCUT2D eigenvalue weighted by molar-refractivity contribution is 7.92. The molecule has 0 aliphatic heterocycles. The van der Waals surface area contributed by atoms with E-state index in [1.165, 1.54) is 4.90 Å². The van der Waals surface area contributed by atoms with Crippen molar-refractivity contribution in [2.75, 3.05) is 17.1 Å². The van der Waals surface area contributed by atoms with Gasteiger partial charge in [-0.25, -0.2) is 8.42 Å². The van der Waals surface area contributed by atoms with Crippen molar-refractivity contribution >= 4 is 39.1 Å². The fraction of sp³-hybridized carbons (Fsp3) is 0.481. The molecule has 3 rings (SSSR count). The number of rotatable bonds is 10. The molecular formula is C27H33ClF3N3O4S. The van der Waals surface area contributed by atoms with E-state index >= 15 is 0 Å². The average molecular weight is 588 g/mol. The monoisotopic (exact) mass is 587 g/mol. The Morgan fingerprint density at radius 3 is 2.33 bits per heavy atom. The maximum absolute atomic E-state index is 13.8. The lowest BCUT2D eigenvalue weighted by Gasteiger charge is -2.34. The number of alkyl halides is 3. The van der Waals surface area contributed by atoms with Crippen LogP contribution in [0.4, 0.5) is 18.9 Å². The van der Waals surface area contributed by atoms with Crippen LogP contribution in [0.5, 0.6) is 0 Å². The molecule has 2 aromatic carbocycles. The summed E-state index contributed by atoms with van der Waals surface area (Å²) in [6.07, 6.45) is -0.0575. The molecule has 2 aromatic rings. The first-order valence-electron chi connectivity index (χ1n) is 12.7. The van der Waals surface area contributed by atoms with Gasteiger partial charge in [-0.05, 0) is 55.5 Å². The van der Waals surface area contributed by atoms with Gasteiger partial charge in [-0.15, -0.1) is 0 Å². The molecule has 0 heterocycles. The molecule has 1 atom stereocenters. The van der Waals surface area contributed by atoms with Crippen LogP contribution < -0.4 is 9.62 Å². The van der Waals surface area contributed by atoms with E-state index in [0.717, 1.165) is 55.2 Å². The predicted molar refractivity (Wildman–Crippen MR) is 145 cm³/mol. The Morgan fingerprint density at radius 2 is 1.77 bits per heavy atom. The number of hydrogen-bond acceptors (Lipinski definition) is 4. The first-order chi connectivity index (χ1) is 18.2. The van der Waals surface area contributed by atoms with E-state index in [4.69, 9.17) is 11.6 Å². The summed E-state index contributed by atoms with van der Waals surface area (Å²) in [5.41, 5.74) is 0.0343. The zero-order chi connectivity index (χ0) is 29.0. The van der Waals surface area contributed by atoms with Crippen molar-refractivity contribution in [1.82, 2.24) is 10.2 Å². The zero-order valence-electron chi connectivity index (χ0n) is 22.1. The van der Waals surface area contributed by atoms with Gasteiger partial charge in [0.1, 0.15) is 12.6 Å². The first-order valence-corrected chi connectivity index (χ1v) is 14.9. The van der Waals surface area contributed by atoms with Crippen LogP contribution in [0.2, 0.25) is 5.02 Å². The van der Waals surface area contributed by atoms with Gasteiger partial charge in [0.05, 0.1) is 22.5 Å². The molecule has 7 nitrogen and oxygen atoms in total. The Hall–Kier alpha value is -2.79. The molecule has 2 amide bonds. The van der Waals surface area contributed by atoms with Crippen LogP contribution in [0.3, 0.4) is 0 Å². The van der Waals surface area contributed by atoms with Crippen molar-refractivity contribution in [3.05, 3.63) is 64.2 Å². The minimum absolute atomic E-state index is 0.00148. The van der Waals surface area contributed by atoms with Gasteiger partial charge in [0.25, 0.3) is 0 Å². The molecule has 39 heavy (non-hydrogen) atoms. The summed E-state index contributed by atoms with van der Waals surface area (Å²) in [6, 6.07) is 8.63. The lowest BCUT2D eigenvalue weighted by atomic mass is 10.1. The molecule has 1 aliphatic carbocycles. The number of halogens is 4. The molecule has 1 N–H and O–H groups in total. The number of aryl methyl sites for hydroxylation is 1. The fourth-order valence-corrected chi connectivity index (χ4v) is 5.86. The van der Waals surface area contributed by atoms with Crippen LogP contribution >= 0.6 is 11.6 Å². The van der Waals surface area contributed by atoms with Gasteiger partial charge in [-0.3, -0.25) is 13.9 Å². The Labute approximate surface area is 232 Å². The Balaban J connectivity index is 2.00. The molecule has 0 bridgehead atoms. The van der Waals surface area contributed by atoms with Gasteiger partial charge in [0.2, 0.25) is 21.8 Å². The molecule has 0 radical (unpaired) electrons. The summed E-state index contributed by atoms with van der Waals surface area (Å²) in [7, 11) is -4.25. The second kappa shape index (κ2) is 12.6. The van der Waals surface area contributed by atoms with Gasteiger partial charge in [-0.2, -0.15) is 13.2 Å². The molecule has 0 aromatic heterocycles. The van der Waals surface area contributed by atoms with Gasteiger partial charge < -0.3 is 10.2 Å². The number of anilines is 1. The largest absolute Gasteiger partial charge is 0.416 e. The highest BCUT2D eigenvalue weighted by Crippen LogP contribution is 2.36. The van der Waals surface area contributed by atoms with Gasteiger partial charge in [0, 0.05) is 12.6 Å². The quantitative estimate of drug-likeness (QED) is 0.409. The predicted octanol–water partition coefficient (Wildman–Crippen LogP) is 5.30. The maximum Gasteiger partial charge on any atom is 0.416 e. The molecule has 0 saturated heterocycles. The van der Waals surface area contributed by atoms with Crippen LogP contribution in [-0.4, -0.2) is 50.0 Å². The van der Waals surface area contributed by atoms with Crippen LogP contribution in [0.15, 0.2) is 42.5 Å². The minimum Gasteiger partial charge on any atom is -0.352 e. The number of benzene rings is 2. The Morgan fingerprint density at radius 1 is 1.13 bits per heavy atom. The van der Waals surface area contributed by atoms with Gasteiger partial charge in [0.15, 0.2) is 0 Å². The second-order valence-electron chi connectivity index (χ2n) is 9.80. The molecule has 0 spiro atoms. The highest BCUT2D eigenvalue weighted by atomic mass is 35.5. The van der Waals surface area contributed by atoms with Gasteiger partial charge in [-0.1, -0.05) is 55.6 Å². The van der Waals surface area contributed by atoms with Crippen molar-refractivity contribution in [1.29, 1.82) is 0 Å². The number of sulfonamides is 1. The van der Waals surface area contributed by atoms with E-state index in [1.54, 1.807) is 19.1 Å². The van der Waals surface area contributed by atoms with Crippen LogP contribution in [-0.2, 0) is 32.3 Å². The maximum atomic E-state index is 13.8. The van der Waals surface area contributed by atoms with Crippen LogP contribution in [0.25, 0.3) is 0 Å². The average Bonchev–Trinajstić information content (AvgIpc) is 3.35. The number of carbonyl (C=O) groups is 2. The summed E-state index contributed by atoms with van der Waals surface area (Å²) in [4.78, 5) is 28.4. The Kier molecular flexibility index (Phi) is 9.93. The summed E-state index contributed by atoms with van der Waals surface area (Å²) in [6.45, 7) is 2.77. The lowest BCUT2D eigenvalue weighted by molar-refractivity contribution is -0.140. The summed E-state index contributed by atoms with van der Waals surface area (Å²) in [5.74, 6) is -1.10. The van der Waals surface area contributed by atoms with E-state index in [1.807, 2.05) is 19.1 Å².